The van der Waals surface area contributed by atoms with Crippen LogP contribution in [0, 0.1) is 11.3 Å². The summed E-state index contributed by atoms with van der Waals surface area (Å²) >= 11 is 0. The maximum atomic E-state index is 9.53. The Morgan fingerprint density at radius 2 is 2.05 bits per heavy atom. The molecule has 1 atom stereocenters. The molecular weight excluding hydrogens is 236 g/mol. The van der Waals surface area contributed by atoms with E-state index in [-0.39, 0.29) is 11.6 Å². The summed E-state index contributed by atoms with van der Waals surface area (Å²) in [5.74, 6) is 0.922. The fourth-order valence-electron chi connectivity index (χ4n) is 2.79. The summed E-state index contributed by atoms with van der Waals surface area (Å²) in [4.78, 5) is 2.16. The number of nitrogens with zero attached hydrogens (tertiary/aromatic N) is 2. The average Bonchev–Trinajstić information content (AvgIpc) is 2.69. The monoisotopic (exact) mass is 258 g/mol. The SMILES string of the molecule is CCN(CC)C(C#N)c1cccc2c1OC(C)(C)C2. The zero-order valence-corrected chi connectivity index (χ0v) is 12.2. The first kappa shape index (κ1) is 13.9. The van der Waals surface area contributed by atoms with Gasteiger partial charge < -0.3 is 4.74 Å². The molecule has 1 unspecified atom stereocenters. The Morgan fingerprint density at radius 1 is 1.37 bits per heavy atom. The van der Waals surface area contributed by atoms with Crippen molar-refractivity contribution in [2.45, 2.75) is 45.8 Å². The molecule has 0 amide bonds. The van der Waals surface area contributed by atoms with E-state index in [1.54, 1.807) is 0 Å². The van der Waals surface area contributed by atoms with Gasteiger partial charge in [0.05, 0.1) is 6.07 Å². The van der Waals surface area contributed by atoms with E-state index in [4.69, 9.17) is 4.74 Å². The second kappa shape index (κ2) is 5.22. The number of hydrogen-bond acceptors (Lipinski definition) is 3. The van der Waals surface area contributed by atoms with E-state index in [1.165, 1.54) is 5.56 Å². The molecule has 0 radical (unpaired) electrons. The number of rotatable bonds is 4. The van der Waals surface area contributed by atoms with Crippen molar-refractivity contribution in [1.29, 1.82) is 5.26 Å². The van der Waals surface area contributed by atoms with Gasteiger partial charge in [-0.2, -0.15) is 5.26 Å². The molecule has 102 valence electrons. The molecule has 1 aliphatic heterocycles. The van der Waals surface area contributed by atoms with Crippen molar-refractivity contribution in [2.75, 3.05) is 13.1 Å². The second-order valence-electron chi connectivity index (χ2n) is 5.63. The van der Waals surface area contributed by atoms with Gasteiger partial charge in [-0.1, -0.05) is 32.0 Å². The van der Waals surface area contributed by atoms with E-state index in [1.807, 2.05) is 12.1 Å². The number of nitriles is 1. The van der Waals surface area contributed by atoms with Gasteiger partial charge in [0.15, 0.2) is 0 Å². The van der Waals surface area contributed by atoms with Crippen LogP contribution in [0.1, 0.15) is 44.9 Å². The maximum absolute atomic E-state index is 9.53. The van der Waals surface area contributed by atoms with Gasteiger partial charge in [0.1, 0.15) is 17.4 Å². The van der Waals surface area contributed by atoms with Crippen molar-refractivity contribution in [3.05, 3.63) is 29.3 Å². The second-order valence-corrected chi connectivity index (χ2v) is 5.63. The van der Waals surface area contributed by atoms with Crippen molar-refractivity contribution in [3.8, 4) is 11.8 Å². The highest BCUT2D eigenvalue weighted by Gasteiger charge is 2.34. The molecule has 1 aromatic rings. The van der Waals surface area contributed by atoms with Gasteiger partial charge >= 0.3 is 0 Å². The van der Waals surface area contributed by atoms with Gasteiger partial charge in [0.2, 0.25) is 0 Å². The van der Waals surface area contributed by atoms with Crippen LogP contribution >= 0.6 is 0 Å². The third-order valence-electron chi connectivity index (χ3n) is 3.72. The van der Waals surface area contributed by atoms with Gasteiger partial charge in [-0.3, -0.25) is 4.90 Å². The van der Waals surface area contributed by atoms with Gasteiger partial charge in [0, 0.05) is 12.0 Å². The van der Waals surface area contributed by atoms with Gasteiger partial charge in [-0.15, -0.1) is 0 Å². The molecule has 0 aliphatic carbocycles. The van der Waals surface area contributed by atoms with Gasteiger partial charge in [-0.25, -0.2) is 0 Å². The summed E-state index contributed by atoms with van der Waals surface area (Å²) in [5, 5.41) is 9.53. The van der Waals surface area contributed by atoms with Crippen LogP contribution in [0.3, 0.4) is 0 Å². The standard InChI is InChI=1S/C16H22N2O/c1-5-18(6-2)14(11-17)13-9-7-8-12-10-16(3,4)19-15(12)13/h7-9,14H,5-6,10H2,1-4H3. The third kappa shape index (κ3) is 2.59. The lowest BCUT2D eigenvalue weighted by Crippen LogP contribution is -2.28. The molecule has 1 heterocycles. The molecular formula is C16H22N2O. The predicted molar refractivity (Wildman–Crippen MR) is 76.1 cm³/mol. The lowest BCUT2D eigenvalue weighted by atomic mass is 9.98. The highest BCUT2D eigenvalue weighted by Crippen LogP contribution is 2.41. The average molecular weight is 258 g/mol. The van der Waals surface area contributed by atoms with E-state index in [2.05, 4.69) is 44.7 Å². The van der Waals surface area contributed by atoms with Crippen LogP contribution in [-0.2, 0) is 6.42 Å². The smallest absolute Gasteiger partial charge is 0.129 e. The van der Waals surface area contributed by atoms with Crippen LogP contribution in [0.2, 0.25) is 0 Å². The van der Waals surface area contributed by atoms with Crippen LogP contribution in [-0.4, -0.2) is 23.6 Å². The van der Waals surface area contributed by atoms with E-state index in [0.717, 1.165) is 30.8 Å². The van der Waals surface area contributed by atoms with Gasteiger partial charge in [0.25, 0.3) is 0 Å². The minimum Gasteiger partial charge on any atom is -0.487 e. The first-order chi connectivity index (χ1) is 9.02. The number of benzene rings is 1. The zero-order chi connectivity index (χ0) is 14.0. The van der Waals surface area contributed by atoms with Gasteiger partial charge in [-0.05, 0) is 32.5 Å². The summed E-state index contributed by atoms with van der Waals surface area (Å²) in [7, 11) is 0. The Morgan fingerprint density at radius 3 is 2.63 bits per heavy atom. The Kier molecular flexibility index (Phi) is 3.82. The molecule has 0 fully saturated rings. The lowest BCUT2D eigenvalue weighted by molar-refractivity contribution is 0.134. The van der Waals surface area contributed by atoms with Crippen molar-refractivity contribution >= 4 is 0 Å². The van der Waals surface area contributed by atoms with E-state index < -0.39 is 0 Å². The molecule has 0 saturated carbocycles. The van der Waals surface area contributed by atoms with Crippen molar-refractivity contribution in [2.24, 2.45) is 0 Å². The maximum Gasteiger partial charge on any atom is 0.129 e. The molecule has 3 heteroatoms. The zero-order valence-electron chi connectivity index (χ0n) is 12.2. The predicted octanol–water partition coefficient (Wildman–Crippen LogP) is 3.31. The molecule has 3 nitrogen and oxygen atoms in total. The highest BCUT2D eigenvalue weighted by molar-refractivity contribution is 5.48. The number of fused-ring (bicyclic) bond motifs is 1. The van der Waals surface area contributed by atoms with Crippen molar-refractivity contribution in [1.82, 2.24) is 4.90 Å². The Labute approximate surface area is 115 Å². The molecule has 1 aromatic carbocycles. The molecule has 0 saturated heterocycles. The first-order valence-electron chi connectivity index (χ1n) is 6.97. The van der Waals surface area contributed by atoms with Crippen LogP contribution < -0.4 is 4.74 Å². The summed E-state index contributed by atoms with van der Waals surface area (Å²) in [6.07, 6.45) is 0.909. The van der Waals surface area contributed by atoms with E-state index >= 15 is 0 Å². The highest BCUT2D eigenvalue weighted by atomic mass is 16.5. The summed E-state index contributed by atoms with van der Waals surface area (Å²) in [6, 6.07) is 8.36. The molecule has 0 spiro atoms. The molecule has 0 N–H and O–H groups in total. The first-order valence-corrected chi connectivity index (χ1v) is 6.97. The van der Waals surface area contributed by atoms with Crippen LogP contribution in [0.15, 0.2) is 18.2 Å². The molecule has 0 bridgehead atoms. The Bertz CT molecular complexity index is 498. The molecule has 1 aliphatic rings. The normalized spacial score (nSPS) is 17.7. The summed E-state index contributed by atoms with van der Waals surface area (Å²) in [6.45, 7) is 10.1. The van der Waals surface area contributed by atoms with Crippen molar-refractivity contribution in [3.63, 3.8) is 0 Å². The number of hydrogen-bond donors (Lipinski definition) is 0. The largest absolute Gasteiger partial charge is 0.487 e. The third-order valence-corrected chi connectivity index (χ3v) is 3.72. The van der Waals surface area contributed by atoms with E-state index in [0.29, 0.717) is 0 Å². The summed E-state index contributed by atoms with van der Waals surface area (Å²) in [5.41, 5.74) is 2.06. The van der Waals surface area contributed by atoms with Crippen molar-refractivity contribution < 1.29 is 4.74 Å². The Hall–Kier alpha value is -1.53. The molecule has 2 rings (SSSR count). The molecule has 0 aromatic heterocycles. The quantitative estimate of drug-likeness (QED) is 0.831. The molecule has 19 heavy (non-hydrogen) atoms. The fraction of sp³-hybridized carbons (Fsp3) is 0.562. The fourth-order valence-corrected chi connectivity index (χ4v) is 2.79. The van der Waals surface area contributed by atoms with Crippen LogP contribution in [0.4, 0.5) is 0 Å². The van der Waals surface area contributed by atoms with E-state index in [9.17, 15) is 5.26 Å². The number of ether oxygens (including phenoxy) is 1. The topological polar surface area (TPSA) is 36.3 Å². The van der Waals surface area contributed by atoms with Crippen LogP contribution in [0.25, 0.3) is 0 Å². The summed E-state index contributed by atoms with van der Waals surface area (Å²) < 4.78 is 6.07. The van der Waals surface area contributed by atoms with Crippen LogP contribution in [0.5, 0.6) is 5.75 Å². The lowest BCUT2D eigenvalue weighted by Gasteiger charge is -2.26. The number of para-hydroxylation sites is 1. The minimum absolute atomic E-state index is 0.165. The Balaban J connectivity index is 2.42. The minimum atomic E-state index is -0.223.